The van der Waals surface area contributed by atoms with Gasteiger partial charge in [-0.1, -0.05) is 36.6 Å². The average molecular weight is 349 g/mol. The molecule has 4 nitrogen and oxygen atoms in total. The summed E-state index contributed by atoms with van der Waals surface area (Å²) in [5, 5.41) is 0. The highest BCUT2D eigenvalue weighted by molar-refractivity contribution is 7.90. The molecule has 1 aromatic rings. The van der Waals surface area contributed by atoms with Gasteiger partial charge in [0.25, 0.3) is 10.0 Å². The van der Waals surface area contributed by atoms with Gasteiger partial charge in [0.2, 0.25) is 5.91 Å². The molecular formula is C19H27NO3S. The molecule has 0 radical (unpaired) electrons. The third-order valence-electron chi connectivity index (χ3n) is 4.80. The van der Waals surface area contributed by atoms with Gasteiger partial charge >= 0.3 is 0 Å². The van der Waals surface area contributed by atoms with Crippen LogP contribution >= 0.6 is 0 Å². The van der Waals surface area contributed by atoms with E-state index in [-0.39, 0.29) is 22.6 Å². The topological polar surface area (TPSA) is 63.2 Å². The van der Waals surface area contributed by atoms with Gasteiger partial charge in [-0.3, -0.25) is 4.79 Å². The smallest absolute Gasteiger partial charge is 0.264 e. The number of amides is 1. The van der Waals surface area contributed by atoms with E-state index in [9.17, 15) is 13.2 Å². The van der Waals surface area contributed by atoms with Gasteiger partial charge in [-0.25, -0.2) is 13.1 Å². The number of rotatable bonds is 7. The van der Waals surface area contributed by atoms with E-state index in [0.29, 0.717) is 0 Å². The number of sulfonamides is 1. The molecule has 1 N–H and O–H groups in total. The van der Waals surface area contributed by atoms with Gasteiger partial charge in [-0.15, -0.1) is 6.58 Å². The molecule has 1 amide bonds. The van der Waals surface area contributed by atoms with Crippen LogP contribution in [0.5, 0.6) is 0 Å². The normalized spacial score (nSPS) is 21.2. The molecule has 0 spiro atoms. The minimum Gasteiger partial charge on any atom is -0.274 e. The Labute approximate surface area is 145 Å². The lowest BCUT2D eigenvalue weighted by atomic mass is 9.76. The Balaban J connectivity index is 2.05. The van der Waals surface area contributed by atoms with Crippen molar-refractivity contribution in [1.82, 2.24) is 4.72 Å². The van der Waals surface area contributed by atoms with Crippen molar-refractivity contribution < 1.29 is 13.2 Å². The van der Waals surface area contributed by atoms with E-state index >= 15 is 0 Å². The van der Waals surface area contributed by atoms with Crippen LogP contribution in [0.2, 0.25) is 0 Å². The average Bonchev–Trinajstić information content (AvgIpc) is 2.55. The first-order chi connectivity index (χ1) is 11.4. The maximum atomic E-state index is 12.6. The first kappa shape index (κ1) is 18.7. The number of unbranched alkanes of at least 4 members (excludes halogenated alkanes) is 1. The summed E-state index contributed by atoms with van der Waals surface area (Å²) in [7, 11) is -3.79. The molecule has 2 rings (SSSR count). The SMILES string of the molecule is C=CCCC[C@H]1CCCC[C@H]1C(=O)NS(=O)(=O)c1ccc(C)cc1. The van der Waals surface area contributed by atoms with Crippen LogP contribution in [0, 0.1) is 18.8 Å². The first-order valence-corrected chi connectivity index (χ1v) is 10.2. The Morgan fingerprint density at radius 3 is 2.58 bits per heavy atom. The summed E-state index contributed by atoms with van der Waals surface area (Å²) in [6.45, 7) is 5.62. The largest absolute Gasteiger partial charge is 0.274 e. The molecule has 24 heavy (non-hydrogen) atoms. The zero-order chi connectivity index (χ0) is 17.6. The molecule has 1 saturated carbocycles. The zero-order valence-electron chi connectivity index (χ0n) is 14.3. The van der Waals surface area contributed by atoms with Crippen LogP contribution in [-0.4, -0.2) is 14.3 Å². The standard InChI is InChI=1S/C19H27NO3S/c1-3-4-5-8-16-9-6-7-10-18(16)19(21)20-24(22,23)17-13-11-15(2)12-14-17/h3,11-14,16,18H,1,4-10H2,2H3,(H,20,21)/t16-,18+/m0/s1. The lowest BCUT2D eigenvalue weighted by Gasteiger charge is -2.30. The van der Waals surface area contributed by atoms with E-state index in [4.69, 9.17) is 0 Å². The lowest BCUT2D eigenvalue weighted by molar-refractivity contribution is -0.126. The number of nitrogens with one attached hydrogen (secondary N) is 1. The minimum atomic E-state index is -3.79. The fourth-order valence-electron chi connectivity index (χ4n) is 3.41. The number of benzene rings is 1. The predicted molar refractivity (Wildman–Crippen MR) is 96.0 cm³/mol. The number of carbonyl (C=O) groups excluding carboxylic acids is 1. The van der Waals surface area contributed by atoms with Crippen molar-refractivity contribution >= 4 is 15.9 Å². The van der Waals surface area contributed by atoms with E-state index < -0.39 is 10.0 Å². The highest BCUT2D eigenvalue weighted by atomic mass is 32.2. The second-order valence-corrected chi connectivity index (χ2v) is 8.34. The Morgan fingerprint density at radius 2 is 1.92 bits per heavy atom. The Morgan fingerprint density at radius 1 is 1.25 bits per heavy atom. The molecule has 5 heteroatoms. The van der Waals surface area contributed by atoms with E-state index in [0.717, 1.165) is 50.5 Å². The molecule has 132 valence electrons. The molecular weight excluding hydrogens is 322 g/mol. The van der Waals surface area contributed by atoms with Gasteiger partial charge in [0.1, 0.15) is 0 Å². The van der Waals surface area contributed by atoms with Crippen LogP contribution < -0.4 is 4.72 Å². The molecule has 1 aromatic carbocycles. The van der Waals surface area contributed by atoms with Crippen molar-refractivity contribution in [2.75, 3.05) is 0 Å². The zero-order valence-corrected chi connectivity index (χ0v) is 15.1. The number of hydrogen-bond donors (Lipinski definition) is 1. The predicted octanol–water partition coefficient (Wildman–Crippen LogP) is 3.96. The maximum Gasteiger partial charge on any atom is 0.264 e. The molecule has 0 bridgehead atoms. The van der Waals surface area contributed by atoms with Crippen molar-refractivity contribution in [1.29, 1.82) is 0 Å². The lowest BCUT2D eigenvalue weighted by Crippen LogP contribution is -2.40. The van der Waals surface area contributed by atoms with Crippen molar-refractivity contribution in [3.63, 3.8) is 0 Å². The van der Waals surface area contributed by atoms with Crippen LogP contribution in [0.3, 0.4) is 0 Å². The fraction of sp³-hybridized carbons (Fsp3) is 0.526. The summed E-state index contributed by atoms with van der Waals surface area (Å²) < 4.78 is 27.1. The van der Waals surface area contributed by atoms with Crippen LogP contribution in [-0.2, 0) is 14.8 Å². The van der Waals surface area contributed by atoms with Gasteiger partial charge in [0.05, 0.1) is 4.90 Å². The van der Waals surface area contributed by atoms with Gasteiger partial charge in [-0.2, -0.15) is 0 Å². The number of allylic oxidation sites excluding steroid dienone is 1. The molecule has 0 aliphatic heterocycles. The Hall–Kier alpha value is -1.62. The summed E-state index contributed by atoms with van der Waals surface area (Å²) in [5.41, 5.74) is 0.981. The molecule has 0 heterocycles. The van der Waals surface area contributed by atoms with Crippen LogP contribution in [0.4, 0.5) is 0 Å². The van der Waals surface area contributed by atoms with Crippen molar-refractivity contribution in [2.45, 2.75) is 56.8 Å². The van der Waals surface area contributed by atoms with Gasteiger partial charge in [0.15, 0.2) is 0 Å². The molecule has 0 saturated heterocycles. The first-order valence-electron chi connectivity index (χ1n) is 8.68. The number of aryl methyl sites for hydroxylation is 1. The highest BCUT2D eigenvalue weighted by Crippen LogP contribution is 2.34. The molecule has 0 aromatic heterocycles. The summed E-state index contributed by atoms with van der Waals surface area (Å²) in [4.78, 5) is 12.7. The molecule has 2 atom stereocenters. The van der Waals surface area contributed by atoms with E-state index in [1.165, 1.54) is 12.1 Å². The second kappa shape index (κ2) is 8.47. The van der Waals surface area contributed by atoms with Crippen LogP contribution in [0.1, 0.15) is 50.5 Å². The highest BCUT2D eigenvalue weighted by Gasteiger charge is 2.32. The molecule has 0 unspecified atom stereocenters. The van der Waals surface area contributed by atoms with Gasteiger partial charge in [0, 0.05) is 5.92 Å². The number of carbonyl (C=O) groups is 1. The van der Waals surface area contributed by atoms with E-state index in [1.54, 1.807) is 12.1 Å². The summed E-state index contributed by atoms with van der Waals surface area (Å²) >= 11 is 0. The second-order valence-electron chi connectivity index (χ2n) is 6.65. The minimum absolute atomic E-state index is 0.139. The third kappa shape index (κ3) is 4.94. The van der Waals surface area contributed by atoms with E-state index in [1.807, 2.05) is 13.0 Å². The Bertz CT molecular complexity index is 664. The summed E-state index contributed by atoms with van der Waals surface area (Å²) in [5.74, 6) is -0.283. The molecule has 1 aliphatic rings. The summed E-state index contributed by atoms with van der Waals surface area (Å²) in [6.07, 6.45) is 8.66. The van der Waals surface area contributed by atoms with Crippen LogP contribution in [0.25, 0.3) is 0 Å². The third-order valence-corrected chi connectivity index (χ3v) is 6.16. The van der Waals surface area contributed by atoms with Crippen LogP contribution in [0.15, 0.2) is 41.8 Å². The quantitative estimate of drug-likeness (QED) is 0.598. The van der Waals surface area contributed by atoms with Gasteiger partial charge < -0.3 is 0 Å². The van der Waals surface area contributed by atoms with Crippen molar-refractivity contribution in [2.24, 2.45) is 11.8 Å². The summed E-state index contributed by atoms with van der Waals surface area (Å²) in [6, 6.07) is 6.54. The van der Waals surface area contributed by atoms with E-state index in [2.05, 4.69) is 11.3 Å². The Kier molecular flexibility index (Phi) is 6.60. The van der Waals surface area contributed by atoms with Crippen molar-refractivity contribution in [3.05, 3.63) is 42.5 Å². The fourth-order valence-corrected chi connectivity index (χ4v) is 4.44. The molecule has 1 fully saturated rings. The maximum absolute atomic E-state index is 12.6. The van der Waals surface area contributed by atoms with Crippen molar-refractivity contribution in [3.8, 4) is 0 Å². The number of hydrogen-bond acceptors (Lipinski definition) is 3. The molecule has 1 aliphatic carbocycles. The monoisotopic (exact) mass is 349 g/mol. The van der Waals surface area contributed by atoms with Gasteiger partial charge in [-0.05, 0) is 57.1 Å².